The number of carbonyl (C=O) groups excluding carboxylic acids is 1. The van der Waals surface area contributed by atoms with Crippen molar-refractivity contribution in [3.63, 3.8) is 0 Å². The topological polar surface area (TPSA) is 52.6 Å². The van der Waals surface area contributed by atoms with Crippen molar-refractivity contribution in [3.05, 3.63) is 22.2 Å². The van der Waals surface area contributed by atoms with Crippen LogP contribution in [-0.4, -0.2) is 21.0 Å². The van der Waals surface area contributed by atoms with Crippen LogP contribution in [0.4, 0.5) is 10.5 Å². The van der Waals surface area contributed by atoms with Gasteiger partial charge in [0.15, 0.2) is 5.75 Å². The third-order valence-corrected chi connectivity index (χ3v) is 3.39. The zero-order valence-corrected chi connectivity index (χ0v) is 12.6. The Morgan fingerprint density at radius 3 is 2.44 bits per heavy atom. The highest BCUT2D eigenvalue weighted by atomic mass is 35.5. The third-order valence-electron chi connectivity index (χ3n) is 2.10. The molecule has 0 aromatic heterocycles. The molecule has 0 heterocycles. The number of phenolic OH excluding ortho intramolecular Hbond substituents is 1. The molecule has 2 amide bonds. The average Bonchev–Trinajstić information content (AvgIpc) is 2.22. The number of nitrogens with zero attached hydrogens (tertiary/aromatic N) is 1. The standard InChI is InChI=1S/C11H14Cl2N2O2S/c1-11(2,3)15(18)10(17)14-8-5-6(12)4-7(13)9(8)16/h4-5,16,18H,1-3H3,(H,14,17). The number of halogens is 2. The van der Waals surface area contributed by atoms with E-state index in [0.29, 0.717) is 5.02 Å². The van der Waals surface area contributed by atoms with Gasteiger partial charge in [0.05, 0.1) is 10.7 Å². The van der Waals surface area contributed by atoms with E-state index >= 15 is 0 Å². The van der Waals surface area contributed by atoms with Gasteiger partial charge in [0, 0.05) is 10.6 Å². The number of hydrogen-bond acceptors (Lipinski definition) is 3. The molecule has 0 fully saturated rings. The van der Waals surface area contributed by atoms with E-state index < -0.39 is 11.6 Å². The minimum absolute atomic E-state index is 0.0688. The Balaban J connectivity index is 2.96. The molecule has 1 rings (SSSR count). The third kappa shape index (κ3) is 3.60. The van der Waals surface area contributed by atoms with Crippen LogP contribution in [0.3, 0.4) is 0 Å². The van der Waals surface area contributed by atoms with E-state index in [-0.39, 0.29) is 16.5 Å². The van der Waals surface area contributed by atoms with Crippen LogP contribution >= 0.6 is 36.0 Å². The lowest BCUT2D eigenvalue weighted by Crippen LogP contribution is -2.41. The summed E-state index contributed by atoms with van der Waals surface area (Å²) in [6, 6.07) is 2.31. The Kier molecular flexibility index (Phi) is 4.64. The zero-order valence-electron chi connectivity index (χ0n) is 10.2. The molecule has 0 aliphatic heterocycles. The first-order valence-electron chi connectivity index (χ1n) is 5.11. The minimum atomic E-state index is -0.487. The first-order chi connectivity index (χ1) is 8.12. The molecule has 0 spiro atoms. The Bertz CT molecular complexity index is 475. The second-order valence-corrected chi connectivity index (χ2v) is 5.94. The molecule has 0 radical (unpaired) electrons. The fourth-order valence-corrected chi connectivity index (χ4v) is 1.68. The molecule has 0 aliphatic rings. The van der Waals surface area contributed by atoms with Crippen molar-refractivity contribution in [1.29, 1.82) is 0 Å². The summed E-state index contributed by atoms with van der Waals surface area (Å²) in [6.45, 7) is 5.47. The van der Waals surface area contributed by atoms with Gasteiger partial charge in [-0.1, -0.05) is 36.0 Å². The van der Waals surface area contributed by atoms with Gasteiger partial charge in [0.25, 0.3) is 0 Å². The summed E-state index contributed by atoms with van der Waals surface area (Å²) in [7, 11) is 0. The molecule has 100 valence electrons. The molecule has 1 aromatic carbocycles. The molecule has 2 N–H and O–H groups in total. The van der Waals surface area contributed by atoms with Crippen molar-refractivity contribution in [3.8, 4) is 5.75 Å². The second kappa shape index (κ2) is 5.47. The smallest absolute Gasteiger partial charge is 0.332 e. The lowest BCUT2D eigenvalue weighted by molar-refractivity contribution is 0.216. The van der Waals surface area contributed by atoms with E-state index in [1.807, 2.05) is 20.8 Å². The number of hydrogen-bond donors (Lipinski definition) is 3. The highest BCUT2D eigenvalue weighted by molar-refractivity contribution is 7.78. The van der Waals surface area contributed by atoms with E-state index in [1.165, 1.54) is 16.4 Å². The fraction of sp³-hybridized carbons (Fsp3) is 0.364. The number of nitrogens with one attached hydrogen (secondary N) is 1. The van der Waals surface area contributed by atoms with Crippen molar-refractivity contribution < 1.29 is 9.90 Å². The predicted molar refractivity (Wildman–Crippen MR) is 77.7 cm³/mol. The number of rotatable bonds is 1. The summed E-state index contributed by atoms with van der Waals surface area (Å²) in [5.41, 5.74) is -0.327. The number of thiol groups is 1. The first kappa shape index (κ1) is 15.3. The van der Waals surface area contributed by atoms with Gasteiger partial charge in [-0.3, -0.25) is 4.31 Å². The minimum Gasteiger partial charge on any atom is -0.504 e. The van der Waals surface area contributed by atoms with Crippen LogP contribution in [0.5, 0.6) is 5.75 Å². The molecular weight excluding hydrogens is 295 g/mol. The van der Waals surface area contributed by atoms with Gasteiger partial charge in [-0.15, -0.1) is 0 Å². The van der Waals surface area contributed by atoms with E-state index in [1.54, 1.807) is 0 Å². The van der Waals surface area contributed by atoms with Crippen LogP contribution in [0.1, 0.15) is 20.8 Å². The monoisotopic (exact) mass is 308 g/mol. The highest BCUT2D eigenvalue weighted by Gasteiger charge is 2.24. The van der Waals surface area contributed by atoms with Gasteiger partial charge < -0.3 is 10.4 Å². The van der Waals surface area contributed by atoms with Crippen molar-refractivity contribution >= 4 is 47.7 Å². The quantitative estimate of drug-likeness (QED) is 0.538. The van der Waals surface area contributed by atoms with Crippen LogP contribution in [0.25, 0.3) is 0 Å². The first-order valence-corrected chi connectivity index (χ1v) is 6.26. The number of amides is 2. The van der Waals surface area contributed by atoms with Crippen LogP contribution in [-0.2, 0) is 0 Å². The molecule has 0 unspecified atom stereocenters. The SMILES string of the molecule is CC(C)(C)N(S)C(=O)Nc1cc(Cl)cc(Cl)c1O. The molecule has 0 bridgehead atoms. The van der Waals surface area contributed by atoms with E-state index in [4.69, 9.17) is 23.2 Å². The van der Waals surface area contributed by atoms with Crippen LogP contribution in [0.2, 0.25) is 10.0 Å². The van der Waals surface area contributed by atoms with Crippen molar-refractivity contribution in [1.82, 2.24) is 4.31 Å². The normalized spacial score (nSPS) is 11.2. The molecule has 18 heavy (non-hydrogen) atoms. The van der Waals surface area contributed by atoms with Crippen LogP contribution in [0.15, 0.2) is 12.1 Å². The Morgan fingerprint density at radius 2 is 1.94 bits per heavy atom. The maximum absolute atomic E-state index is 11.9. The molecule has 0 saturated carbocycles. The average molecular weight is 309 g/mol. The molecule has 1 aromatic rings. The summed E-state index contributed by atoms with van der Waals surface area (Å²) < 4.78 is 1.21. The summed E-state index contributed by atoms with van der Waals surface area (Å²) in [5.74, 6) is -0.231. The van der Waals surface area contributed by atoms with Crippen molar-refractivity contribution in [2.75, 3.05) is 5.32 Å². The molecule has 4 nitrogen and oxygen atoms in total. The second-order valence-electron chi connectivity index (χ2n) is 4.70. The maximum atomic E-state index is 11.9. The van der Waals surface area contributed by atoms with Gasteiger partial charge in [-0.25, -0.2) is 4.79 Å². The van der Waals surface area contributed by atoms with Gasteiger partial charge in [-0.2, -0.15) is 0 Å². The van der Waals surface area contributed by atoms with E-state index in [0.717, 1.165) is 0 Å². The number of benzene rings is 1. The predicted octanol–water partition coefficient (Wildman–Crippen LogP) is 4.18. The van der Waals surface area contributed by atoms with Crippen molar-refractivity contribution in [2.24, 2.45) is 0 Å². The molecule has 0 atom stereocenters. The lowest BCUT2D eigenvalue weighted by Gasteiger charge is -2.30. The number of anilines is 1. The Hall–Kier alpha value is -0.780. The van der Waals surface area contributed by atoms with Gasteiger partial charge in [0.2, 0.25) is 0 Å². The summed E-state index contributed by atoms with van der Waals surface area (Å²) in [6.07, 6.45) is 0. The largest absolute Gasteiger partial charge is 0.504 e. The van der Waals surface area contributed by atoms with Crippen molar-refractivity contribution in [2.45, 2.75) is 26.3 Å². The zero-order chi connectivity index (χ0) is 14.1. The number of urea groups is 1. The van der Waals surface area contributed by atoms with E-state index in [2.05, 4.69) is 18.1 Å². The maximum Gasteiger partial charge on any atom is 0.332 e. The molecule has 7 heteroatoms. The van der Waals surface area contributed by atoms with Gasteiger partial charge >= 0.3 is 6.03 Å². The Labute approximate surface area is 121 Å². The van der Waals surface area contributed by atoms with E-state index in [9.17, 15) is 9.90 Å². The number of aromatic hydroxyl groups is 1. The van der Waals surface area contributed by atoms with Gasteiger partial charge in [0.1, 0.15) is 0 Å². The molecular formula is C11H14Cl2N2O2S. The highest BCUT2D eigenvalue weighted by Crippen LogP contribution is 2.35. The summed E-state index contributed by atoms with van der Waals surface area (Å²) in [5, 5.41) is 12.6. The van der Waals surface area contributed by atoms with Crippen LogP contribution in [0, 0.1) is 0 Å². The van der Waals surface area contributed by atoms with Gasteiger partial charge in [-0.05, 0) is 32.9 Å². The number of phenols is 1. The molecule has 0 aliphatic carbocycles. The van der Waals surface area contributed by atoms with Crippen LogP contribution < -0.4 is 5.32 Å². The Morgan fingerprint density at radius 1 is 1.39 bits per heavy atom. The molecule has 0 saturated heterocycles. The lowest BCUT2D eigenvalue weighted by atomic mass is 10.1. The summed E-state index contributed by atoms with van der Waals surface area (Å²) >= 11 is 15.6. The fourth-order valence-electron chi connectivity index (χ4n) is 1.13. The summed E-state index contributed by atoms with van der Waals surface area (Å²) in [4.78, 5) is 11.9. The number of carbonyl (C=O) groups is 1.